The van der Waals surface area contributed by atoms with E-state index in [1.165, 1.54) is 18.2 Å². The highest BCUT2D eigenvalue weighted by molar-refractivity contribution is 6.64. The van der Waals surface area contributed by atoms with Crippen LogP contribution in [0, 0.1) is 0 Å². The summed E-state index contributed by atoms with van der Waals surface area (Å²) in [6.45, 7) is 0. The highest BCUT2D eigenvalue weighted by atomic mass is 35.5. The number of rotatable bonds is 0. The molecule has 0 aromatic carbocycles. The molecular formula is C6H4Cl4O. The summed E-state index contributed by atoms with van der Waals surface area (Å²) in [6.07, 6.45) is 3.84. The SMILES string of the molecule is OC1=CC(Cl)(Cl)C(Cl)(Cl)C=C1. The molecule has 0 aliphatic heterocycles. The summed E-state index contributed by atoms with van der Waals surface area (Å²) >= 11 is 22.7. The molecule has 0 radical (unpaired) electrons. The Labute approximate surface area is 84.2 Å². The predicted molar refractivity (Wildman–Crippen MR) is 48.7 cm³/mol. The van der Waals surface area contributed by atoms with E-state index >= 15 is 0 Å². The zero-order chi connectivity index (χ0) is 8.70. The predicted octanol–water partition coefficient (Wildman–Crippen LogP) is 3.35. The first-order valence-electron chi connectivity index (χ1n) is 2.72. The molecular weight excluding hydrogens is 230 g/mol. The van der Waals surface area contributed by atoms with Gasteiger partial charge in [-0.05, 0) is 18.2 Å². The van der Waals surface area contributed by atoms with Gasteiger partial charge in [-0.15, -0.1) is 0 Å². The Morgan fingerprint density at radius 1 is 1.09 bits per heavy atom. The van der Waals surface area contributed by atoms with Gasteiger partial charge in [0.2, 0.25) is 0 Å². The van der Waals surface area contributed by atoms with Gasteiger partial charge in [-0.2, -0.15) is 0 Å². The van der Waals surface area contributed by atoms with Crippen molar-refractivity contribution in [3.05, 3.63) is 24.0 Å². The smallest absolute Gasteiger partial charge is 0.176 e. The monoisotopic (exact) mass is 232 g/mol. The van der Waals surface area contributed by atoms with E-state index in [4.69, 9.17) is 51.5 Å². The summed E-state index contributed by atoms with van der Waals surface area (Å²) in [4.78, 5) is 0. The topological polar surface area (TPSA) is 20.2 Å². The highest BCUT2D eigenvalue weighted by Gasteiger charge is 2.45. The van der Waals surface area contributed by atoms with Crippen LogP contribution in [-0.2, 0) is 0 Å². The van der Waals surface area contributed by atoms with E-state index in [1.54, 1.807) is 0 Å². The fourth-order valence-corrected chi connectivity index (χ4v) is 1.22. The lowest BCUT2D eigenvalue weighted by Crippen LogP contribution is -2.34. The second-order valence-corrected chi connectivity index (χ2v) is 4.92. The largest absolute Gasteiger partial charge is 0.508 e. The molecule has 0 amide bonds. The Morgan fingerprint density at radius 2 is 1.64 bits per heavy atom. The Balaban J connectivity index is 3.04. The van der Waals surface area contributed by atoms with E-state index in [-0.39, 0.29) is 5.76 Å². The lowest BCUT2D eigenvalue weighted by atomic mass is 10.1. The first kappa shape index (κ1) is 9.53. The summed E-state index contributed by atoms with van der Waals surface area (Å²) in [5, 5.41) is 8.97. The van der Waals surface area contributed by atoms with Crippen LogP contribution in [0.4, 0.5) is 0 Å². The van der Waals surface area contributed by atoms with E-state index in [9.17, 15) is 0 Å². The van der Waals surface area contributed by atoms with Crippen LogP contribution < -0.4 is 0 Å². The Bertz CT molecular complexity index is 229. The zero-order valence-electron chi connectivity index (χ0n) is 5.19. The lowest BCUT2D eigenvalue weighted by molar-refractivity contribution is 0.425. The minimum Gasteiger partial charge on any atom is -0.508 e. The Kier molecular flexibility index (Phi) is 2.37. The molecule has 1 rings (SSSR count). The quantitative estimate of drug-likeness (QED) is 0.637. The maximum atomic E-state index is 8.97. The minimum atomic E-state index is -1.48. The van der Waals surface area contributed by atoms with Crippen LogP contribution in [-0.4, -0.2) is 13.8 Å². The first-order valence-corrected chi connectivity index (χ1v) is 4.23. The van der Waals surface area contributed by atoms with Crippen LogP contribution >= 0.6 is 46.4 Å². The number of allylic oxidation sites excluding steroid dienone is 3. The van der Waals surface area contributed by atoms with Crippen molar-refractivity contribution in [1.82, 2.24) is 0 Å². The average Bonchev–Trinajstić information content (AvgIpc) is 1.80. The van der Waals surface area contributed by atoms with Gasteiger partial charge in [0.25, 0.3) is 0 Å². The molecule has 1 aliphatic rings. The fraction of sp³-hybridized carbons (Fsp3) is 0.333. The lowest BCUT2D eigenvalue weighted by Gasteiger charge is -2.29. The van der Waals surface area contributed by atoms with Gasteiger partial charge >= 0.3 is 0 Å². The molecule has 1 N–H and O–H groups in total. The van der Waals surface area contributed by atoms with Crippen LogP contribution in [0.3, 0.4) is 0 Å². The molecule has 1 nitrogen and oxygen atoms in total. The molecule has 0 aromatic rings. The van der Waals surface area contributed by atoms with Gasteiger partial charge in [0.05, 0.1) is 0 Å². The van der Waals surface area contributed by atoms with Gasteiger partial charge in [-0.3, -0.25) is 0 Å². The fourth-order valence-electron chi connectivity index (χ4n) is 0.631. The van der Waals surface area contributed by atoms with E-state index in [2.05, 4.69) is 0 Å². The van der Waals surface area contributed by atoms with Gasteiger partial charge in [0.15, 0.2) is 8.67 Å². The van der Waals surface area contributed by atoms with Crippen molar-refractivity contribution >= 4 is 46.4 Å². The molecule has 0 unspecified atom stereocenters. The Morgan fingerprint density at radius 3 is 2.00 bits per heavy atom. The highest BCUT2D eigenvalue weighted by Crippen LogP contribution is 2.47. The van der Waals surface area contributed by atoms with Crippen molar-refractivity contribution in [2.45, 2.75) is 8.67 Å². The molecule has 0 saturated carbocycles. The van der Waals surface area contributed by atoms with Crippen molar-refractivity contribution in [1.29, 1.82) is 0 Å². The molecule has 0 fully saturated rings. The average molecular weight is 234 g/mol. The van der Waals surface area contributed by atoms with Crippen LogP contribution in [0.25, 0.3) is 0 Å². The molecule has 0 atom stereocenters. The normalized spacial score (nSPS) is 26.4. The van der Waals surface area contributed by atoms with Crippen molar-refractivity contribution in [2.24, 2.45) is 0 Å². The van der Waals surface area contributed by atoms with Crippen LogP contribution in [0.1, 0.15) is 0 Å². The first-order chi connectivity index (χ1) is 4.85. The number of hydrogen-bond acceptors (Lipinski definition) is 1. The molecule has 11 heavy (non-hydrogen) atoms. The van der Waals surface area contributed by atoms with Crippen LogP contribution in [0.2, 0.25) is 0 Å². The summed E-state index contributed by atoms with van der Waals surface area (Å²) in [6, 6.07) is 0. The van der Waals surface area contributed by atoms with Crippen LogP contribution in [0.15, 0.2) is 24.0 Å². The minimum absolute atomic E-state index is 0.0491. The third kappa shape index (κ3) is 1.78. The van der Waals surface area contributed by atoms with E-state index in [0.29, 0.717) is 0 Å². The standard InChI is InChI=1S/C6H4Cl4O/c7-5(8)2-1-4(11)3-6(5,9)10/h1-3,11H. The second kappa shape index (κ2) is 2.74. The van der Waals surface area contributed by atoms with Gasteiger partial charge in [-0.1, -0.05) is 46.4 Å². The molecule has 0 heterocycles. The maximum Gasteiger partial charge on any atom is 0.176 e. The van der Waals surface area contributed by atoms with Crippen molar-refractivity contribution in [2.75, 3.05) is 0 Å². The van der Waals surface area contributed by atoms with E-state index in [1.807, 2.05) is 0 Å². The van der Waals surface area contributed by atoms with Crippen molar-refractivity contribution in [3.63, 3.8) is 0 Å². The van der Waals surface area contributed by atoms with Gasteiger partial charge < -0.3 is 5.11 Å². The van der Waals surface area contributed by atoms with Gasteiger partial charge in [0.1, 0.15) is 5.76 Å². The molecule has 5 heteroatoms. The van der Waals surface area contributed by atoms with Crippen molar-refractivity contribution < 1.29 is 5.11 Å². The van der Waals surface area contributed by atoms with Gasteiger partial charge in [-0.25, -0.2) is 0 Å². The third-order valence-corrected chi connectivity index (χ3v) is 3.29. The second-order valence-electron chi connectivity index (χ2n) is 2.15. The Hall–Kier alpha value is 0.440. The summed E-state index contributed by atoms with van der Waals surface area (Å²) < 4.78 is -2.86. The number of hydrogen-bond donors (Lipinski definition) is 1. The summed E-state index contributed by atoms with van der Waals surface area (Å²) in [5.74, 6) is -0.0491. The third-order valence-electron chi connectivity index (χ3n) is 1.24. The number of alkyl halides is 4. The van der Waals surface area contributed by atoms with E-state index < -0.39 is 8.67 Å². The molecule has 62 valence electrons. The van der Waals surface area contributed by atoms with Crippen LogP contribution in [0.5, 0.6) is 0 Å². The molecule has 0 saturated heterocycles. The number of halogens is 4. The number of aliphatic hydroxyl groups is 1. The summed E-state index contributed by atoms with van der Waals surface area (Å²) in [5.41, 5.74) is 0. The molecule has 0 bridgehead atoms. The van der Waals surface area contributed by atoms with E-state index in [0.717, 1.165) is 0 Å². The maximum absolute atomic E-state index is 8.97. The number of aliphatic hydroxyl groups excluding tert-OH is 1. The van der Waals surface area contributed by atoms with Gasteiger partial charge in [0, 0.05) is 0 Å². The zero-order valence-corrected chi connectivity index (χ0v) is 8.21. The summed E-state index contributed by atoms with van der Waals surface area (Å²) in [7, 11) is 0. The van der Waals surface area contributed by atoms with Crippen molar-refractivity contribution in [3.8, 4) is 0 Å². The molecule has 0 spiro atoms. The molecule has 0 aromatic heterocycles. The molecule has 1 aliphatic carbocycles.